The van der Waals surface area contributed by atoms with E-state index in [-0.39, 0.29) is 6.04 Å². The molecule has 0 aromatic heterocycles. The van der Waals surface area contributed by atoms with Crippen LogP contribution >= 0.6 is 34.8 Å². The lowest BCUT2D eigenvalue weighted by atomic mass is 9.87. The van der Waals surface area contributed by atoms with Crippen LogP contribution in [-0.4, -0.2) is 185 Å². The number of nitrogens with one attached hydrogen (secondary N) is 1. The van der Waals surface area contributed by atoms with Crippen molar-refractivity contribution in [2.45, 2.75) is 186 Å². The Labute approximate surface area is 561 Å². The van der Waals surface area contributed by atoms with E-state index < -0.39 is 117 Å². The van der Waals surface area contributed by atoms with E-state index in [9.17, 15) is 66.1 Å². The lowest BCUT2D eigenvalue weighted by Crippen LogP contribution is -2.64. The number of carboxylic acids is 1. The van der Waals surface area contributed by atoms with Gasteiger partial charge < -0.3 is 90.6 Å². The van der Waals surface area contributed by atoms with Crippen LogP contribution in [0.3, 0.4) is 0 Å². The second-order valence-corrected chi connectivity index (χ2v) is 26.9. The van der Waals surface area contributed by atoms with E-state index in [1.54, 1.807) is 42.5 Å². The van der Waals surface area contributed by atoms with Gasteiger partial charge in [0.2, 0.25) is 5.79 Å². The second-order valence-electron chi connectivity index (χ2n) is 25.7. The average Bonchev–Trinajstić information content (AvgIpc) is 1.21. The second kappa shape index (κ2) is 32.1. The fourth-order valence-corrected chi connectivity index (χ4v) is 13.2. The van der Waals surface area contributed by atoms with Crippen molar-refractivity contribution in [3.05, 3.63) is 209 Å². The SMILES string of the molecule is CO[C@@]1(c2ccc(Cl)c(Cc3ccc(C4CC4)cc3)c2)O[C@H](CO)[C@@H](O)[C@H](O)[C@H]1O.O=C(O)[C@@H]1CCCN1.OC[C@H]1O[C@@H](c2ccc(Cl)c(Cc3ccc(C4CC4)cc3)c2)[C@H](O)[C@@H](O)[C@@H]1O.OC[C@H]1O[C@@H](c2ccc(Cl)c(Cc3ccc(C4CC4)cc3)c2)[C@H](O)[C@@H](O)[C@@H]1O. The van der Waals surface area contributed by atoms with E-state index in [4.69, 9.17) is 58.9 Å². The molecule has 7 fully saturated rings. The first-order valence-corrected chi connectivity index (χ1v) is 33.4. The van der Waals surface area contributed by atoms with Crippen LogP contribution in [0.25, 0.3) is 0 Å². The molecule has 0 bridgehead atoms. The first-order valence-electron chi connectivity index (χ1n) is 32.2. The maximum atomic E-state index is 10.7. The molecule has 4 aliphatic heterocycles. The third-order valence-corrected chi connectivity index (χ3v) is 20.0. The summed E-state index contributed by atoms with van der Waals surface area (Å²) in [6.45, 7) is -0.578. The Bertz CT molecular complexity index is 3300. The number of ether oxygens (including phenoxy) is 4. The number of aliphatic hydroxyl groups excluding tert-OH is 12. The van der Waals surface area contributed by atoms with E-state index in [2.05, 4.69) is 78.1 Å². The Balaban J connectivity index is 0.000000145. The van der Waals surface area contributed by atoms with Gasteiger partial charge in [0.05, 0.1) is 19.8 Å². The molecule has 6 aromatic rings. The molecule has 94 heavy (non-hydrogen) atoms. The van der Waals surface area contributed by atoms with Gasteiger partial charge in [0, 0.05) is 27.7 Å². The largest absolute Gasteiger partial charge is 0.480 e. The molecule has 22 heteroatoms. The zero-order chi connectivity index (χ0) is 67.1. The fraction of sp³-hybridized carbons (Fsp3) is 0.486. The number of hydrogen-bond acceptors (Lipinski definition) is 18. The Morgan fingerprint density at radius 1 is 0.468 bits per heavy atom. The van der Waals surface area contributed by atoms with Crippen LogP contribution in [0.2, 0.25) is 15.1 Å². The van der Waals surface area contributed by atoms with Crippen LogP contribution in [0.4, 0.5) is 0 Å². The summed E-state index contributed by atoms with van der Waals surface area (Å²) < 4.78 is 22.6. The average molecular weight is 1360 g/mol. The predicted octanol–water partition coefficient (Wildman–Crippen LogP) is 6.55. The molecule has 4 saturated heterocycles. The van der Waals surface area contributed by atoms with Crippen LogP contribution in [-0.2, 0) is 48.8 Å². The van der Waals surface area contributed by atoms with E-state index in [1.165, 1.54) is 62.3 Å². The standard InChI is InChI=1S/C23H27ClO6.2C22H25ClO5.C5H9NO2/c1-29-23(22(28)21(27)20(26)19(12-25)30-23)17-8-9-18(24)16(11-17)10-13-2-4-14(5-3-13)15-6-7-15;2*23-17-8-7-15(22-21(27)20(26)19(25)18(11-24)28-22)10-16(17)9-12-1-3-13(4-2-12)14-5-6-14;7-5(8)4-2-1-3-6-4/h2-5,8-9,11,15,19-22,25-28H,6-7,10,12H2,1H3;2*1-4,7-8,10,14,18-22,24-27H,5-6,9,11H2;4,6H,1-3H2,(H,7,8)/t19-,20-,21+,22-,23+;2*18-,19-,20+,21-,22+;4-/m1110/s1. The summed E-state index contributed by atoms with van der Waals surface area (Å²) in [6, 6.07) is 41.1. The molecule has 0 amide bonds. The molecule has 0 radical (unpaired) electrons. The predicted molar refractivity (Wildman–Crippen MR) is 351 cm³/mol. The van der Waals surface area contributed by atoms with Crippen LogP contribution in [0.1, 0.15) is 148 Å². The van der Waals surface area contributed by atoms with Crippen LogP contribution in [0, 0.1) is 0 Å². The molecule has 4 heterocycles. The minimum Gasteiger partial charge on any atom is -0.480 e. The third kappa shape index (κ3) is 17.1. The van der Waals surface area contributed by atoms with Crippen molar-refractivity contribution in [3.8, 4) is 0 Å². The van der Waals surface area contributed by atoms with E-state index in [0.29, 0.717) is 68.8 Å². The highest BCUT2D eigenvalue weighted by Crippen LogP contribution is 2.44. The van der Waals surface area contributed by atoms with Crippen molar-refractivity contribution in [2.24, 2.45) is 0 Å². The molecule has 508 valence electrons. The molecule has 13 rings (SSSR count). The molecule has 3 saturated carbocycles. The van der Waals surface area contributed by atoms with Gasteiger partial charge in [-0.15, -0.1) is 0 Å². The van der Waals surface area contributed by atoms with Crippen molar-refractivity contribution < 1.29 is 90.1 Å². The number of carbonyl (C=O) groups is 1. The van der Waals surface area contributed by atoms with Gasteiger partial charge in [-0.25, -0.2) is 0 Å². The summed E-state index contributed by atoms with van der Waals surface area (Å²) in [6.07, 6.45) is -6.17. The molecular formula is C72H86Cl3NO18. The minimum atomic E-state index is -1.75. The summed E-state index contributed by atoms with van der Waals surface area (Å²) >= 11 is 19.2. The topological polar surface area (TPSA) is 329 Å². The van der Waals surface area contributed by atoms with Gasteiger partial charge in [0.1, 0.15) is 91.5 Å². The first-order chi connectivity index (χ1) is 45.1. The number of rotatable bonds is 17. The van der Waals surface area contributed by atoms with Gasteiger partial charge >= 0.3 is 5.97 Å². The molecule has 14 N–H and O–H groups in total. The monoisotopic (exact) mass is 1360 g/mol. The van der Waals surface area contributed by atoms with Crippen molar-refractivity contribution in [3.63, 3.8) is 0 Å². The maximum absolute atomic E-state index is 10.7. The summed E-state index contributed by atoms with van der Waals surface area (Å²) in [5, 5.41) is 133. The highest BCUT2D eigenvalue weighted by Gasteiger charge is 2.55. The third-order valence-electron chi connectivity index (χ3n) is 18.9. The molecular weight excluding hydrogens is 1270 g/mol. The zero-order valence-electron chi connectivity index (χ0n) is 52.1. The van der Waals surface area contributed by atoms with Gasteiger partial charge in [-0.05, 0) is 180 Å². The number of carboxylic acid groups (broad SMARTS) is 1. The van der Waals surface area contributed by atoms with Gasteiger partial charge in [-0.1, -0.05) is 138 Å². The molecule has 3 aliphatic carbocycles. The molecule has 0 spiro atoms. The van der Waals surface area contributed by atoms with Crippen molar-refractivity contribution in [1.82, 2.24) is 5.32 Å². The van der Waals surface area contributed by atoms with E-state index in [0.717, 1.165) is 52.8 Å². The van der Waals surface area contributed by atoms with E-state index in [1.807, 2.05) is 12.1 Å². The molecule has 7 aliphatic rings. The van der Waals surface area contributed by atoms with Crippen molar-refractivity contribution in [1.29, 1.82) is 0 Å². The Morgan fingerprint density at radius 2 is 0.830 bits per heavy atom. The number of aliphatic hydroxyl groups is 12. The first kappa shape index (κ1) is 71.7. The highest BCUT2D eigenvalue weighted by atomic mass is 35.5. The highest BCUT2D eigenvalue weighted by molar-refractivity contribution is 6.32. The van der Waals surface area contributed by atoms with Crippen LogP contribution in [0.5, 0.6) is 0 Å². The quantitative estimate of drug-likeness (QED) is 0.0460. The zero-order valence-corrected chi connectivity index (χ0v) is 54.4. The van der Waals surface area contributed by atoms with Gasteiger partial charge in [0.15, 0.2) is 0 Å². The smallest absolute Gasteiger partial charge is 0.320 e. The molecule has 19 nitrogen and oxygen atoms in total. The summed E-state index contributed by atoms with van der Waals surface area (Å²) in [7, 11) is 1.34. The number of methoxy groups -OCH3 is 1. The normalized spacial score (nSPS) is 30.6. The fourth-order valence-electron chi connectivity index (χ4n) is 12.7. The van der Waals surface area contributed by atoms with Crippen LogP contribution < -0.4 is 5.32 Å². The Hall–Kier alpha value is -5.02. The number of halogens is 3. The number of benzene rings is 6. The number of hydrogen-bond donors (Lipinski definition) is 14. The Morgan fingerprint density at radius 3 is 1.16 bits per heavy atom. The summed E-state index contributed by atoms with van der Waals surface area (Å²) in [5.41, 5.74) is 11.8. The van der Waals surface area contributed by atoms with Crippen molar-refractivity contribution in [2.75, 3.05) is 33.5 Å². The Kier molecular flexibility index (Phi) is 24.5. The van der Waals surface area contributed by atoms with Crippen molar-refractivity contribution >= 4 is 40.8 Å². The maximum Gasteiger partial charge on any atom is 0.320 e. The molecule has 6 aromatic carbocycles. The summed E-state index contributed by atoms with van der Waals surface area (Å²) in [4.78, 5) is 10.1. The van der Waals surface area contributed by atoms with Gasteiger partial charge in [0.25, 0.3) is 0 Å². The van der Waals surface area contributed by atoms with Gasteiger partial charge in [-0.3, -0.25) is 4.79 Å². The van der Waals surface area contributed by atoms with E-state index >= 15 is 0 Å². The lowest BCUT2D eigenvalue weighted by molar-refractivity contribution is -0.366. The number of aliphatic carboxylic acids is 1. The molecule has 0 unspecified atom stereocenters. The summed E-state index contributed by atoms with van der Waals surface area (Å²) in [5.74, 6) is -0.346. The van der Waals surface area contributed by atoms with Crippen LogP contribution in [0.15, 0.2) is 127 Å². The molecule has 16 atom stereocenters. The lowest BCUT2D eigenvalue weighted by Gasteiger charge is -2.47. The minimum absolute atomic E-state index is 0.269. The van der Waals surface area contributed by atoms with Gasteiger partial charge in [-0.2, -0.15) is 0 Å².